The van der Waals surface area contributed by atoms with Gasteiger partial charge in [-0.1, -0.05) is 0 Å². The maximum atomic E-state index is 14.1. The van der Waals surface area contributed by atoms with Crippen LogP contribution in [0.3, 0.4) is 0 Å². The van der Waals surface area contributed by atoms with E-state index in [1.165, 1.54) is 12.1 Å². The van der Waals surface area contributed by atoms with Gasteiger partial charge in [-0.3, -0.25) is 9.69 Å². The molecule has 2 fully saturated rings. The van der Waals surface area contributed by atoms with Gasteiger partial charge in [-0.2, -0.15) is 0 Å². The van der Waals surface area contributed by atoms with Crippen LogP contribution in [-0.4, -0.2) is 71.6 Å². The molecule has 4 heterocycles. The van der Waals surface area contributed by atoms with Gasteiger partial charge in [0.2, 0.25) is 0 Å². The van der Waals surface area contributed by atoms with Gasteiger partial charge in [0.05, 0.1) is 44.1 Å². The Morgan fingerprint density at radius 3 is 2.56 bits per heavy atom. The predicted octanol–water partition coefficient (Wildman–Crippen LogP) is 3.25. The molecule has 3 aliphatic rings. The maximum absolute atomic E-state index is 14.1. The Morgan fingerprint density at radius 1 is 1.12 bits per heavy atom. The van der Waals surface area contributed by atoms with E-state index in [4.69, 9.17) is 14.2 Å². The monoisotopic (exact) mass is 473 g/mol. The number of halogens is 1. The Hall–Kier alpha value is -2.65. The molecule has 8 nitrogen and oxygen atoms in total. The fourth-order valence-corrected chi connectivity index (χ4v) is 5.48. The van der Waals surface area contributed by atoms with E-state index in [0.29, 0.717) is 63.2 Å². The van der Waals surface area contributed by atoms with Crippen molar-refractivity contribution in [3.05, 3.63) is 35.3 Å². The van der Waals surface area contributed by atoms with E-state index in [0.717, 1.165) is 11.2 Å². The number of nitrogens with zero attached hydrogens (tertiary/aromatic N) is 2. The minimum Gasteiger partial charge on any atom is -0.444 e. The molecular formula is C25H32FN3O5. The van der Waals surface area contributed by atoms with Crippen molar-refractivity contribution in [2.75, 3.05) is 26.4 Å². The summed E-state index contributed by atoms with van der Waals surface area (Å²) in [6, 6.07) is 4.16. The second-order valence-electron chi connectivity index (χ2n) is 10.4. The molecule has 1 aromatic heterocycles. The van der Waals surface area contributed by atoms with Crippen LogP contribution in [0.1, 0.15) is 49.7 Å². The highest BCUT2D eigenvalue weighted by molar-refractivity contribution is 6.08. The van der Waals surface area contributed by atoms with E-state index in [1.54, 1.807) is 11.0 Å². The third kappa shape index (κ3) is 4.38. The van der Waals surface area contributed by atoms with E-state index in [-0.39, 0.29) is 35.9 Å². The third-order valence-electron chi connectivity index (χ3n) is 6.76. The van der Waals surface area contributed by atoms with E-state index in [1.807, 2.05) is 20.8 Å². The molecule has 2 atom stereocenters. The van der Waals surface area contributed by atoms with Crippen LogP contribution in [0.4, 0.5) is 9.18 Å². The normalized spacial score (nSPS) is 24.9. The lowest BCUT2D eigenvalue weighted by Gasteiger charge is -2.48. The van der Waals surface area contributed by atoms with Gasteiger partial charge in [0.1, 0.15) is 11.4 Å². The fourth-order valence-electron chi connectivity index (χ4n) is 5.48. The number of hydrogen-bond acceptors (Lipinski definition) is 5. The molecule has 2 unspecified atom stereocenters. The summed E-state index contributed by atoms with van der Waals surface area (Å²) in [5.41, 5.74) is 1.67. The second-order valence-corrected chi connectivity index (χ2v) is 10.4. The zero-order chi connectivity index (χ0) is 24.0. The van der Waals surface area contributed by atoms with E-state index >= 15 is 0 Å². The van der Waals surface area contributed by atoms with Gasteiger partial charge in [0.15, 0.2) is 0 Å². The lowest BCUT2D eigenvalue weighted by atomic mass is 9.90. The lowest BCUT2D eigenvalue weighted by molar-refractivity contribution is -0.0835. The van der Waals surface area contributed by atoms with Gasteiger partial charge in [-0.05, 0) is 51.8 Å². The van der Waals surface area contributed by atoms with E-state index < -0.39 is 5.60 Å². The number of fused-ring (bicyclic) bond motifs is 5. The van der Waals surface area contributed by atoms with E-state index in [9.17, 15) is 14.0 Å². The minimum absolute atomic E-state index is 0.119. The molecule has 3 aliphatic heterocycles. The Labute approximate surface area is 198 Å². The molecule has 5 rings (SSSR count). The quantitative estimate of drug-likeness (QED) is 0.724. The molecule has 2 bridgehead atoms. The highest BCUT2D eigenvalue weighted by Gasteiger charge is 2.44. The largest absolute Gasteiger partial charge is 0.444 e. The van der Waals surface area contributed by atoms with Crippen molar-refractivity contribution in [2.24, 2.45) is 0 Å². The minimum atomic E-state index is -0.579. The number of hydrogen-bond donors (Lipinski definition) is 1. The van der Waals surface area contributed by atoms with Gasteiger partial charge in [0, 0.05) is 35.6 Å². The van der Waals surface area contributed by atoms with Gasteiger partial charge < -0.3 is 24.1 Å². The highest BCUT2D eigenvalue weighted by Crippen LogP contribution is 2.32. The first-order chi connectivity index (χ1) is 16.2. The lowest BCUT2D eigenvalue weighted by Crippen LogP contribution is -2.63. The summed E-state index contributed by atoms with van der Waals surface area (Å²) in [4.78, 5) is 28.2. The zero-order valence-electron chi connectivity index (χ0n) is 19.9. The van der Waals surface area contributed by atoms with Crippen molar-refractivity contribution in [3.63, 3.8) is 0 Å². The molecule has 2 amide bonds. The number of morpholine rings is 1. The summed E-state index contributed by atoms with van der Waals surface area (Å²) in [5, 5.41) is 3.82. The first-order valence-corrected chi connectivity index (χ1v) is 12.0. The smallest absolute Gasteiger partial charge is 0.410 e. The van der Waals surface area contributed by atoms with Crippen LogP contribution in [0.25, 0.3) is 10.9 Å². The number of carbonyl (C=O) groups excluding carboxylic acids is 2. The third-order valence-corrected chi connectivity index (χ3v) is 6.76. The molecule has 2 aromatic rings. The van der Waals surface area contributed by atoms with Gasteiger partial charge in [0.25, 0.3) is 5.91 Å². The molecular weight excluding hydrogens is 441 g/mol. The molecule has 1 N–H and O–H groups in total. The van der Waals surface area contributed by atoms with Crippen LogP contribution < -0.4 is 5.32 Å². The molecule has 0 spiro atoms. The first kappa shape index (κ1) is 23.1. The number of piperidine rings is 1. The summed E-state index contributed by atoms with van der Waals surface area (Å²) in [6.07, 6.45) is 1.41. The van der Waals surface area contributed by atoms with Gasteiger partial charge in [-0.25, -0.2) is 9.18 Å². The summed E-state index contributed by atoms with van der Waals surface area (Å²) < 4.78 is 33.2. The van der Waals surface area contributed by atoms with Crippen LogP contribution in [0.15, 0.2) is 18.2 Å². The Bertz CT molecular complexity index is 1090. The topological polar surface area (TPSA) is 82.0 Å². The van der Waals surface area contributed by atoms with Crippen molar-refractivity contribution >= 4 is 22.9 Å². The van der Waals surface area contributed by atoms with Crippen LogP contribution in [0.5, 0.6) is 0 Å². The van der Waals surface area contributed by atoms with Gasteiger partial charge >= 0.3 is 6.09 Å². The number of nitrogens with one attached hydrogen (secondary N) is 1. The molecule has 0 radical (unpaired) electrons. The van der Waals surface area contributed by atoms with E-state index in [2.05, 4.69) is 9.88 Å². The van der Waals surface area contributed by atoms with Crippen LogP contribution >= 0.6 is 0 Å². The van der Waals surface area contributed by atoms with Crippen molar-refractivity contribution in [1.29, 1.82) is 0 Å². The SMILES string of the molecule is CC(C)(C)OC(=O)N1C2COCC1CC(NC(=O)c1c3n(c4ccc(F)cc14)CCOCC3)C2. The standard InChI is InChI=1S/C25H32FN3O5/c1-25(2,3)34-24(31)29-17-11-16(12-18(29)14-33-13-17)27-23(30)22-19-10-15(26)4-5-20(19)28-7-9-32-8-6-21(22)28/h4-5,10,16-18H,6-9,11-14H2,1-3H3,(H,27,30). The van der Waals surface area contributed by atoms with Gasteiger partial charge in [-0.15, -0.1) is 0 Å². The van der Waals surface area contributed by atoms with Crippen molar-refractivity contribution < 1.29 is 28.2 Å². The average Bonchev–Trinajstić information content (AvgIpc) is 2.87. The van der Waals surface area contributed by atoms with Crippen molar-refractivity contribution in [1.82, 2.24) is 14.8 Å². The molecule has 2 saturated heterocycles. The predicted molar refractivity (Wildman–Crippen MR) is 123 cm³/mol. The second kappa shape index (κ2) is 8.85. The number of aromatic nitrogens is 1. The van der Waals surface area contributed by atoms with Crippen LogP contribution in [0.2, 0.25) is 0 Å². The number of carbonyl (C=O) groups is 2. The van der Waals surface area contributed by atoms with Crippen LogP contribution in [-0.2, 0) is 27.2 Å². The highest BCUT2D eigenvalue weighted by atomic mass is 19.1. The zero-order valence-corrected chi connectivity index (χ0v) is 19.9. The Morgan fingerprint density at radius 2 is 1.85 bits per heavy atom. The number of ether oxygens (including phenoxy) is 3. The molecule has 9 heteroatoms. The summed E-state index contributed by atoms with van der Waals surface area (Å²) in [7, 11) is 0. The maximum Gasteiger partial charge on any atom is 0.410 e. The van der Waals surface area contributed by atoms with Crippen molar-refractivity contribution in [2.45, 2.75) is 70.3 Å². The Balaban J connectivity index is 1.38. The fraction of sp³-hybridized carbons (Fsp3) is 0.600. The Kier molecular flexibility index (Phi) is 6.02. The molecule has 0 saturated carbocycles. The number of benzene rings is 1. The summed E-state index contributed by atoms with van der Waals surface area (Å²) in [6.45, 7) is 8.08. The van der Waals surface area contributed by atoms with Crippen molar-refractivity contribution in [3.8, 4) is 0 Å². The summed E-state index contributed by atoms with van der Waals surface area (Å²) in [5.74, 6) is -0.572. The number of amides is 2. The van der Waals surface area contributed by atoms with Crippen LogP contribution in [0, 0.1) is 5.82 Å². The average molecular weight is 474 g/mol. The first-order valence-electron chi connectivity index (χ1n) is 12.0. The molecule has 184 valence electrons. The molecule has 1 aromatic carbocycles. The molecule has 0 aliphatic carbocycles. The summed E-state index contributed by atoms with van der Waals surface area (Å²) >= 11 is 0. The number of rotatable bonds is 2. The molecule has 34 heavy (non-hydrogen) atoms.